The standard InChI is InChI=1S/C15H28N2OS/c1-7-8-12-13(9-16-11(4)5)19-15(17-12)14(18-6)10(2)3/h10-11,14,16H,7-9H2,1-6H3. The van der Waals surface area contributed by atoms with Crippen molar-refractivity contribution in [3.63, 3.8) is 0 Å². The monoisotopic (exact) mass is 284 g/mol. The molecule has 0 radical (unpaired) electrons. The Morgan fingerprint density at radius 2 is 1.95 bits per heavy atom. The van der Waals surface area contributed by atoms with Gasteiger partial charge in [0, 0.05) is 24.6 Å². The van der Waals surface area contributed by atoms with Crippen LogP contribution in [0.5, 0.6) is 0 Å². The zero-order valence-corrected chi connectivity index (χ0v) is 13.9. The van der Waals surface area contributed by atoms with Gasteiger partial charge in [0.25, 0.3) is 0 Å². The lowest BCUT2D eigenvalue weighted by Crippen LogP contribution is -2.21. The highest BCUT2D eigenvalue weighted by Crippen LogP contribution is 2.31. The first kappa shape index (κ1) is 16.6. The number of hydrogen-bond donors (Lipinski definition) is 1. The Balaban J connectivity index is 2.92. The number of hydrogen-bond acceptors (Lipinski definition) is 4. The van der Waals surface area contributed by atoms with Gasteiger partial charge in [0.15, 0.2) is 0 Å². The van der Waals surface area contributed by atoms with E-state index in [0.717, 1.165) is 24.4 Å². The molecule has 0 saturated carbocycles. The van der Waals surface area contributed by atoms with Gasteiger partial charge in [0.1, 0.15) is 11.1 Å². The lowest BCUT2D eigenvalue weighted by molar-refractivity contribution is 0.0643. The molecular formula is C15H28N2OS. The highest BCUT2D eigenvalue weighted by atomic mass is 32.1. The van der Waals surface area contributed by atoms with Crippen LogP contribution in [0.3, 0.4) is 0 Å². The topological polar surface area (TPSA) is 34.1 Å². The van der Waals surface area contributed by atoms with Gasteiger partial charge in [0.2, 0.25) is 0 Å². The average Bonchev–Trinajstić information content (AvgIpc) is 2.70. The van der Waals surface area contributed by atoms with Crippen molar-refractivity contribution in [3.8, 4) is 0 Å². The molecule has 3 nitrogen and oxygen atoms in total. The molecule has 1 aromatic rings. The summed E-state index contributed by atoms with van der Waals surface area (Å²) < 4.78 is 5.60. The fraction of sp³-hybridized carbons (Fsp3) is 0.800. The fourth-order valence-electron chi connectivity index (χ4n) is 2.05. The third-order valence-electron chi connectivity index (χ3n) is 3.06. The SMILES string of the molecule is CCCc1nc(C(OC)C(C)C)sc1CNC(C)C. The summed E-state index contributed by atoms with van der Waals surface area (Å²) in [5.41, 5.74) is 1.25. The minimum absolute atomic E-state index is 0.119. The van der Waals surface area contributed by atoms with Crippen LogP contribution in [0.2, 0.25) is 0 Å². The molecule has 0 saturated heterocycles. The number of rotatable bonds is 8. The molecule has 0 spiro atoms. The predicted molar refractivity (Wildman–Crippen MR) is 82.7 cm³/mol. The smallest absolute Gasteiger partial charge is 0.122 e. The van der Waals surface area contributed by atoms with Crippen LogP contribution >= 0.6 is 11.3 Å². The van der Waals surface area contributed by atoms with Crippen molar-refractivity contribution < 1.29 is 4.74 Å². The molecule has 0 aliphatic heterocycles. The second-order valence-electron chi connectivity index (χ2n) is 5.61. The highest BCUT2D eigenvalue weighted by Gasteiger charge is 2.21. The molecule has 19 heavy (non-hydrogen) atoms. The average molecular weight is 284 g/mol. The number of nitrogens with zero attached hydrogens (tertiary/aromatic N) is 1. The molecule has 4 heteroatoms. The Bertz CT molecular complexity index is 374. The lowest BCUT2D eigenvalue weighted by Gasteiger charge is -2.16. The maximum absolute atomic E-state index is 5.60. The van der Waals surface area contributed by atoms with Gasteiger partial charge < -0.3 is 10.1 Å². The molecule has 0 fully saturated rings. The van der Waals surface area contributed by atoms with Crippen molar-refractivity contribution >= 4 is 11.3 Å². The molecule has 0 aliphatic carbocycles. The number of aryl methyl sites for hydroxylation is 1. The Kier molecular flexibility index (Phi) is 6.97. The summed E-state index contributed by atoms with van der Waals surface area (Å²) in [6.45, 7) is 11.8. The van der Waals surface area contributed by atoms with Crippen LogP contribution in [0.4, 0.5) is 0 Å². The van der Waals surface area contributed by atoms with Gasteiger partial charge in [-0.05, 0) is 12.3 Å². The third-order valence-corrected chi connectivity index (χ3v) is 4.21. The normalized spacial score (nSPS) is 13.5. The molecule has 1 atom stereocenters. The number of aromatic nitrogens is 1. The minimum Gasteiger partial charge on any atom is -0.374 e. The van der Waals surface area contributed by atoms with Crippen LogP contribution in [0.1, 0.15) is 62.7 Å². The summed E-state index contributed by atoms with van der Waals surface area (Å²) >= 11 is 1.80. The summed E-state index contributed by atoms with van der Waals surface area (Å²) in [7, 11) is 1.78. The quantitative estimate of drug-likeness (QED) is 0.785. The van der Waals surface area contributed by atoms with Crippen molar-refractivity contribution in [2.45, 2.75) is 66.2 Å². The molecule has 1 unspecified atom stereocenters. The number of ether oxygens (including phenoxy) is 1. The van der Waals surface area contributed by atoms with Crippen molar-refractivity contribution in [2.24, 2.45) is 5.92 Å². The van der Waals surface area contributed by atoms with Gasteiger partial charge in [0.05, 0.1) is 5.69 Å². The van der Waals surface area contributed by atoms with E-state index >= 15 is 0 Å². The Morgan fingerprint density at radius 1 is 1.26 bits per heavy atom. The molecule has 1 rings (SSSR count). The Morgan fingerprint density at radius 3 is 2.42 bits per heavy atom. The first-order valence-electron chi connectivity index (χ1n) is 7.24. The van der Waals surface area contributed by atoms with Gasteiger partial charge in [-0.2, -0.15) is 0 Å². The number of methoxy groups -OCH3 is 1. The van der Waals surface area contributed by atoms with Gasteiger partial charge in [-0.3, -0.25) is 0 Å². The van der Waals surface area contributed by atoms with Gasteiger partial charge in [-0.25, -0.2) is 4.98 Å². The van der Waals surface area contributed by atoms with E-state index < -0.39 is 0 Å². The van der Waals surface area contributed by atoms with Crippen molar-refractivity contribution in [1.29, 1.82) is 0 Å². The maximum atomic E-state index is 5.60. The summed E-state index contributed by atoms with van der Waals surface area (Å²) in [5, 5.41) is 4.62. The Labute approximate surface area is 121 Å². The van der Waals surface area contributed by atoms with E-state index in [-0.39, 0.29) is 6.10 Å². The molecule has 1 aromatic heterocycles. The van der Waals surface area contributed by atoms with E-state index in [9.17, 15) is 0 Å². The van der Waals surface area contributed by atoms with Crippen LogP contribution in [0.15, 0.2) is 0 Å². The van der Waals surface area contributed by atoms with Gasteiger partial charge in [-0.1, -0.05) is 41.0 Å². The zero-order valence-electron chi connectivity index (χ0n) is 13.1. The molecule has 1 heterocycles. The molecule has 110 valence electrons. The second kappa shape index (κ2) is 7.98. The molecule has 1 N–H and O–H groups in total. The van der Waals surface area contributed by atoms with Crippen LogP contribution in [-0.4, -0.2) is 18.1 Å². The van der Waals surface area contributed by atoms with Crippen molar-refractivity contribution in [3.05, 3.63) is 15.6 Å². The summed E-state index contributed by atoms with van der Waals surface area (Å²) in [6, 6.07) is 0.503. The molecule has 0 amide bonds. The van der Waals surface area contributed by atoms with Crippen LogP contribution in [0.25, 0.3) is 0 Å². The predicted octanol–water partition coefficient (Wildman–Crippen LogP) is 3.94. The summed E-state index contributed by atoms with van der Waals surface area (Å²) in [6.07, 6.45) is 2.31. The summed E-state index contributed by atoms with van der Waals surface area (Å²) in [4.78, 5) is 6.19. The van der Waals surface area contributed by atoms with Gasteiger partial charge in [-0.15, -0.1) is 11.3 Å². The van der Waals surface area contributed by atoms with Crippen molar-refractivity contribution in [1.82, 2.24) is 10.3 Å². The van der Waals surface area contributed by atoms with Crippen LogP contribution < -0.4 is 5.32 Å². The first-order valence-corrected chi connectivity index (χ1v) is 8.05. The van der Waals surface area contributed by atoms with E-state index in [0.29, 0.717) is 12.0 Å². The number of nitrogens with one attached hydrogen (secondary N) is 1. The zero-order chi connectivity index (χ0) is 14.4. The maximum Gasteiger partial charge on any atom is 0.122 e. The van der Waals surface area contributed by atoms with Crippen LogP contribution in [-0.2, 0) is 17.7 Å². The minimum atomic E-state index is 0.119. The lowest BCUT2D eigenvalue weighted by atomic mass is 10.1. The summed E-state index contributed by atoms with van der Waals surface area (Å²) in [5.74, 6) is 0.455. The first-order chi connectivity index (χ1) is 8.99. The molecule has 0 aromatic carbocycles. The van der Waals surface area contributed by atoms with Crippen molar-refractivity contribution in [2.75, 3.05) is 7.11 Å². The van der Waals surface area contributed by atoms with E-state index in [1.165, 1.54) is 10.6 Å². The molecule has 0 aliphatic rings. The third kappa shape index (κ3) is 4.86. The Hall–Kier alpha value is -0.450. The van der Waals surface area contributed by atoms with E-state index in [1.54, 1.807) is 18.4 Å². The molecular weight excluding hydrogens is 256 g/mol. The van der Waals surface area contributed by atoms with Gasteiger partial charge >= 0.3 is 0 Å². The number of thiazole rings is 1. The highest BCUT2D eigenvalue weighted by molar-refractivity contribution is 7.11. The molecule has 0 bridgehead atoms. The largest absolute Gasteiger partial charge is 0.374 e. The van der Waals surface area contributed by atoms with E-state index in [1.807, 2.05) is 0 Å². The van der Waals surface area contributed by atoms with E-state index in [2.05, 4.69) is 39.9 Å². The van der Waals surface area contributed by atoms with Crippen LogP contribution in [0, 0.1) is 5.92 Å². The fourth-order valence-corrected chi connectivity index (χ4v) is 3.36. The van der Waals surface area contributed by atoms with E-state index in [4.69, 9.17) is 9.72 Å². The second-order valence-corrected chi connectivity index (χ2v) is 6.72.